The third-order valence-electron chi connectivity index (χ3n) is 3.26. The molecule has 0 radical (unpaired) electrons. The van der Waals surface area contributed by atoms with Crippen LogP contribution in [0.4, 0.5) is 11.6 Å². The van der Waals surface area contributed by atoms with Gasteiger partial charge in [0.25, 0.3) is 0 Å². The number of hydrogen-bond donors (Lipinski definition) is 2. The van der Waals surface area contributed by atoms with Crippen molar-refractivity contribution in [2.24, 2.45) is 0 Å². The maximum absolute atomic E-state index is 4.28. The highest BCUT2D eigenvalue weighted by atomic mass is 79.9. The zero-order chi connectivity index (χ0) is 13.7. The van der Waals surface area contributed by atoms with Gasteiger partial charge in [0, 0.05) is 25.7 Å². The number of halogens is 1. The van der Waals surface area contributed by atoms with Crippen molar-refractivity contribution in [1.29, 1.82) is 0 Å². The Morgan fingerprint density at radius 2 is 1.89 bits per heavy atom. The fourth-order valence-electron chi connectivity index (χ4n) is 1.91. The molecule has 19 heavy (non-hydrogen) atoms. The average Bonchev–Trinajstić information content (AvgIpc) is 3.23. The molecule has 0 amide bonds. The summed E-state index contributed by atoms with van der Waals surface area (Å²) in [6.45, 7) is 4.99. The van der Waals surface area contributed by atoms with Gasteiger partial charge in [-0.25, -0.2) is 9.97 Å². The van der Waals surface area contributed by atoms with Gasteiger partial charge in [-0.05, 0) is 42.2 Å². The lowest BCUT2D eigenvalue weighted by molar-refractivity contribution is 0.337. The van der Waals surface area contributed by atoms with Crippen LogP contribution in [0.3, 0.4) is 0 Å². The van der Waals surface area contributed by atoms with Crippen molar-refractivity contribution in [3.63, 3.8) is 0 Å². The second-order valence-electron chi connectivity index (χ2n) is 4.95. The third-order valence-corrected chi connectivity index (χ3v) is 4.01. The lowest BCUT2D eigenvalue weighted by Crippen LogP contribution is -2.27. The van der Waals surface area contributed by atoms with Crippen molar-refractivity contribution < 1.29 is 0 Å². The maximum Gasteiger partial charge on any atom is 0.145 e. The molecule has 1 aliphatic rings. The van der Waals surface area contributed by atoms with E-state index in [0.29, 0.717) is 0 Å². The summed E-state index contributed by atoms with van der Waals surface area (Å²) in [5.74, 6) is 1.72. The van der Waals surface area contributed by atoms with E-state index in [0.717, 1.165) is 48.2 Å². The molecule has 1 saturated carbocycles. The van der Waals surface area contributed by atoms with Gasteiger partial charge in [0.2, 0.25) is 0 Å². The summed E-state index contributed by atoms with van der Waals surface area (Å²) >= 11 is 3.56. The summed E-state index contributed by atoms with van der Waals surface area (Å²) in [6, 6.07) is 0.803. The van der Waals surface area contributed by atoms with Crippen LogP contribution in [-0.2, 0) is 0 Å². The maximum atomic E-state index is 4.28. The van der Waals surface area contributed by atoms with Gasteiger partial charge in [-0.2, -0.15) is 0 Å². The van der Waals surface area contributed by atoms with Crippen LogP contribution >= 0.6 is 15.9 Å². The highest BCUT2D eigenvalue weighted by Gasteiger charge is 2.25. The molecule has 5 nitrogen and oxygen atoms in total. The monoisotopic (exact) mass is 327 g/mol. The second-order valence-corrected chi connectivity index (χ2v) is 5.74. The highest BCUT2D eigenvalue weighted by Crippen LogP contribution is 2.27. The normalized spacial score (nSPS) is 14.7. The molecule has 2 N–H and O–H groups in total. The molecule has 106 valence electrons. The largest absolute Gasteiger partial charge is 0.369 e. The second kappa shape index (κ2) is 7.05. The lowest BCUT2D eigenvalue weighted by Gasteiger charge is -2.17. The molecule has 0 saturated heterocycles. The molecule has 0 bridgehead atoms. The van der Waals surface area contributed by atoms with E-state index in [-0.39, 0.29) is 0 Å². The standard InChI is InChI=1S/C13H22BrN5/c1-3-6-15-12-11(14)13(18-9-17-12)16-7-8-19(2)10-4-5-10/h9-10H,3-8H2,1-2H3,(H2,15,16,17,18). The summed E-state index contributed by atoms with van der Waals surface area (Å²) in [5.41, 5.74) is 0. The zero-order valence-corrected chi connectivity index (χ0v) is 13.2. The minimum absolute atomic E-state index is 0.803. The number of nitrogens with zero attached hydrogens (tertiary/aromatic N) is 3. The smallest absolute Gasteiger partial charge is 0.145 e. The van der Waals surface area contributed by atoms with Gasteiger partial charge in [0.15, 0.2) is 0 Å². The number of nitrogens with one attached hydrogen (secondary N) is 2. The molecule has 0 atom stereocenters. The van der Waals surface area contributed by atoms with E-state index in [9.17, 15) is 0 Å². The molecular weight excluding hydrogens is 306 g/mol. The molecule has 0 spiro atoms. The molecule has 0 aliphatic heterocycles. The molecule has 0 aromatic carbocycles. The number of hydrogen-bond acceptors (Lipinski definition) is 5. The van der Waals surface area contributed by atoms with Crippen LogP contribution in [0.2, 0.25) is 0 Å². The van der Waals surface area contributed by atoms with Gasteiger partial charge in [-0.3, -0.25) is 0 Å². The van der Waals surface area contributed by atoms with Crippen LogP contribution in [0.1, 0.15) is 26.2 Å². The van der Waals surface area contributed by atoms with Crippen LogP contribution in [0, 0.1) is 0 Å². The average molecular weight is 328 g/mol. The number of likely N-dealkylation sites (N-methyl/N-ethyl adjacent to an activating group) is 1. The zero-order valence-electron chi connectivity index (χ0n) is 11.6. The van der Waals surface area contributed by atoms with E-state index in [4.69, 9.17) is 0 Å². The molecule has 2 rings (SSSR count). The molecule has 1 aromatic heterocycles. The molecular formula is C13H22BrN5. The van der Waals surface area contributed by atoms with Crippen molar-refractivity contribution in [3.05, 3.63) is 10.8 Å². The molecule has 1 aromatic rings. The summed E-state index contributed by atoms with van der Waals surface area (Å²) in [4.78, 5) is 10.9. The van der Waals surface area contributed by atoms with E-state index in [1.807, 2.05) is 0 Å². The topological polar surface area (TPSA) is 53.1 Å². The van der Waals surface area contributed by atoms with Crippen molar-refractivity contribution >= 4 is 27.6 Å². The minimum Gasteiger partial charge on any atom is -0.369 e. The van der Waals surface area contributed by atoms with E-state index < -0.39 is 0 Å². The van der Waals surface area contributed by atoms with Gasteiger partial charge >= 0.3 is 0 Å². The van der Waals surface area contributed by atoms with Crippen LogP contribution in [-0.4, -0.2) is 47.6 Å². The first kappa shape index (κ1) is 14.5. The minimum atomic E-state index is 0.803. The van der Waals surface area contributed by atoms with Gasteiger partial charge in [0.1, 0.15) is 22.4 Å². The van der Waals surface area contributed by atoms with Crippen LogP contribution in [0.15, 0.2) is 10.8 Å². The van der Waals surface area contributed by atoms with Crippen molar-refractivity contribution in [1.82, 2.24) is 14.9 Å². The van der Waals surface area contributed by atoms with Crippen molar-refractivity contribution in [2.75, 3.05) is 37.3 Å². The van der Waals surface area contributed by atoms with Crippen molar-refractivity contribution in [2.45, 2.75) is 32.2 Å². The van der Waals surface area contributed by atoms with Crippen molar-refractivity contribution in [3.8, 4) is 0 Å². The summed E-state index contributed by atoms with van der Waals surface area (Å²) < 4.78 is 0.914. The van der Waals surface area contributed by atoms with Gasteiger partial charge in [-0.1, -0.05) is 6.92 Å². The number of aromatic nitrogens is 2. The summed E-state index contributed by atoms with van der Waals surface area (Å²) in [5, 5.41) is 6.65. The van der Waals surface area contributed by atoms with E-state index in [2.05, 4.69) is 55.4 Å². The Morgan fingerprint density at radius 3 is 2.47 bits per heavy atom. The fraction of sp³-hybridized carbons (Fsp3) is 0.692. The Balaban J connectivity index is 1.84. The molecule has 1 aliphatic carbocycles. The number of anilines is 2. The molecule has 1 heterocycles. The Labute approximate surface area is 123 Å². The van der Waals surface area contributed by atoms with E-state index in [1.54, 1.807) is 6.33 Å². The fourth-order valence-corrected chi connectivity index (χ4v) is 2.39. The Bertz CT molecular complexity index is 408. The quantitative estimate of drug-likeness (QED) is 0.768. The van der Waals surface area contributed by atoms with Crippen LogP contribution in [0.5, 0.6) is 0 Å². The lowest BCUT2D eigenvalue weighted by atomic mass is 10.4. The van der Waals surface area contributed by atoms with Crippen LogP contribution < -0.4 is 10.6 Å². The summed E-state index contributed by atoms with van der Waals surface area (Å²) in [6.07, 6.45) is 5.36. The first-order chi connectivity index (χ1) is 9.22. The summed E-state index contributed by atoms with van der Waals surface area (Å²) in [7, 11) is 2.18. The highest BCUT2D eigenvalue weighted by molar-refractivity contribution is 9.10. The SMILES string of the molecule is CCCNc1ncnc(NCCN(C)C2CC2)c1Br. The Morgan fingerprint density at radius 1 is 1.26 bits per heavy atom. The van der Waals surface area contributed by atoms with E-state index in [1.165, 1.54) is 12.8 Å². The predicted molar refractivity (Wildman–Crippen MR) is 82.7 cm³/mol. The molecule has 0 unspecified atom stereocenters. The van der Waals surface area contributed by atoms with Gasteiger partial charge in [0.05, 0.1) is 0 Å². The number of rotatable bonds is 8. The first-order valence-electron chi connectivity index (χ1n) is 6.90. The molecule has 1 fully saturated rings. The van der Waals surface area contributed by atoms with E-state index >= 15 is 0 Å². The Kier molecular flexibility index (Phi) is 5.39. The molecule has 6 heteroatoms. The third kappa shape index (κ3) is 4.31. The van der Waals surface area contributed by atoms with Gasteiger partial charge < -0.3 is 15.5 Å². The van der Waals surface area contributed by atoms with Crippen LogP contribution in [0.25, 0.3) is 0 Å². The first-order valence-corrected chi connectivity index (χ1v) is 7.70. The van der Waals surface area contributed by atoms with Gasteiger partial charge in [-0.15, -0.1) is 0 Å². The Hall–Kier alpha value is -0.880. The predicted octanol–water partition coefficient (Wildman–Crippen LogP) is 2.57.